The monoisotopic (exact) mass is 252 g/mol. The number of nitrogens with two attached hydrogens (primary N) is 1. The zero-order chi connectivity index (χ0) is 13.8. The minimum atomic E-state index is -0.364. The van der Waals surface area contributed by atoms with Gasteiger partial charge >= 0.3 is 0 Å². The summed E-state index contributed by atoms with van der Waals surface area (Å²) in [4.78, 5) is 10.9. The number of amides is 1. The molecule has 0 heterocycles. The van der Waals surface area contributed by atoms with Crippen molar-refractivity contribution >= 4 is 5.91 Å². The van der Waals surface area contributed by atoms with Crippen molar-refractivity contribution in [1.82, 2.24) is 5.32 Å². The number of hydrogen-bond acceptors (Lipinski definition) is 4. The van der Waals surface area contributed by atoms with Gasteiger partial charge in [-0.15, -0.1) is 0 Å². The Kier molecular flexibility index (Phi) is 4.55. The van der Waals surface area contributed by atoms with Gasteiger partial charge in [0, 0.05) is 18.5 Å². The Morgan fingerprint density at radius 3 is 2.72 bits per heavy atom. The first kappa shape index (κ1) is 14.3. The first-order valence-corrected chi connectivity index (χ1v) is 5.73. The van der Waals surface area contributed by atoms with E-state index in [1.165, 1.54) is 7.11 Å². The Morgan fingerprint density at radius 2 is 2.17 bits per heavy atom. The Bertz CT molecular complexity index is 430. The molecule has 100 valence electrons. The minimum Gasteiger partial charge on any atom is -0.504 e. The van der Waals surface area contributed by atoms with Crippen LogP contribution in [0.5, 0.6) is 11.5 Å². The van der Waals surface area contributed by atoms with Crippen LogP contribution in [0.15, 0.2) is 18.2 Å². The molecule has 1 amide bonds. The van der Waals surface area contributed by atoms with Gasteiger partial charge in [-0.25, -0.2) is 0 Å². The van der Waals surface area contributed by atoms with E-state index >= 15 is 0 Å². The standard InChI is InChI=1S/C13H20N2O3/c1-13(2,7-12(14)17)15-8-9-4-5-10(16)11(6-9)18-3/h4-6,15-16H,7-8H2,1-3H3,(H2,14,17). The fraction of sp³-hybridized carbons (Fsp3) is 0.462. The molecule has 0 saturated heterocycles. The van der Waals surface area contributed by atoms with Gasteiger partial charge in [0.05, 0.1) is 7.11 Å². The third kappa shape index (κ3) is 4.25. The maximum absolute atomic E-state index is 10.9. The van der Waals surface area contributed by atoms with Gasteiger partial charge in [-0.3, -0.25) is 4.79 Å². The molecule has 0 unspecified atom stereocenters. The molecule has 1 aromatic rings. The number of hydrogen-bond donors (Lipinski definition) is 3. The van der Waals surface area contributed by atoms with Crippen molar-refractivity contribution in [2.45, 2.75) is 32.4 Å². The highest BCUT2D eigenvalue weighted by atomic mass is 16.5. The maximum atomic E-state index is 10.9. The van der Waals surface area contributed by atoms with Gasteiger partial charge in [0.25, 0.3) is 0 Å². The lowest BCUT2D eigenvalue weighted by Gasteiger charge is -2.25. The predicted molar refractivity (Wildman–Crippen MR) is 69.4 cm³/mol. The Labute approximate surface area is 107 Å². The molecule has 0 aliphatic heterocycles. The van der Waals surface area contributed by atoms with E-state index in [2.05, 4.69) is 5.32 Å². The fourth-order valence-electron chi connectivity index (χ4n) is 1.67. The summed E-state index contributed by atoms with van der Waals surface area (Å²) < 4.78 is 5.03. The zero-order valence-electron chi connectivity index (χ0n) is 11.0. The second kappa shape index (κ2) is 5.73. The summed E-state index contributed by atoms with van der Waals surface area (Å²) in [6.45, 7) is 4.39. The summed E-state index contributed by atoms with van der Waals surface area (Å²) >= 11 is 0. The van der Waals surface area contributed by atoms with Gasteiger partial charge in [-0.2, -0.15) is 0 Å². The average molecular weight is 252 g/mol. The van der Waals surface area contributed by atoms with Gasteiger partial charge in [0.2, 0.25) is 5.91 Å². The molecule has 0 aliphatic carbocycles. The number of phenolic OH excluding ortho intramolecular Hbond substituents is 1. The third-order valence-electron chi connectivity index (χ3n) is 2.63. The van der Waals surface area contributed by atoms with Crippen LogP contribution in [0.3, 0.4) is 0 Å². The van der Waals surface area contributed by atoms with Crippen LogP contribution >= 0.6 is 0 Å². The number of methoxy groups -OCH3 is 1. The molecule has 0 bridgehead atoms. The van der Waals surface area contributed by atoms with Crippen molar-refractivity contribution in [2.75, 3.05) is 7.11 Å². The SMILES string of the molecule is COc1cc(CNC(C)(C)CC(N)=O)ccc1O. The van der Waals surface area contributed by atoms with Gasteiger partial charge in [-0.05, 0) is 31.5 Å². The first-order chi connectivity index (χ1) is 8.34. The topological polar surface area (TPSA) is 84.6 Å². The number of ether oxygens (including phenoxy) is 1. The molecule has 5 nitrogen and oxygen atoms in total. The summed E-state index contributed by atoms with van der Waals surface area (Å²) in [5.74, 6) is 0.204. The normalized spacial score (nSPS) is 11.3. The van der Waals surface area contributed by atoms with Crippen molar-refractivity contribution < 1.29 is 14.6 Å². The summed E-state index contributed by atoms with van der Waals surface area (Å²) in [5.41, 5.74) is 5.78. The maximum Gasteiger partial charge on any atom is 0.219 e. The van der Waals surface area contributed by atoms with Crippen molar-refractivity contribution in [2.24, 2.45) is 5.73 Å². The molecule has 0 spiro atoms. The van der Waals surface area contributed by atoms with Crippen LogP contribution in [0, 0.1) is 0 Å². The van der Waals surface area contributed by atoms with Crippen LogP contribution in [0.1, 0.15) is 25.8 Å². The van der Waals surface area contributed by atoms with Crippen molar-refractivity contribution in [3.8, 4) is 11.5 Å². The molecule has 0 saturated carbocycles. The highest BCUT2D eigenvalue weighted by molar-refractivity contribution is 5.75. The molecule has 0 atom stereocenters. The molecule has 1 rings (SSSR count). The van der Waals surface area contributed by atoms with E-state index in [4.69, 9.17) is 10.5 Å². The molecule has 18 heavy (non-hydrogen) atoms. The molecule has 4 N–H and O–H groups in total. The number of benzene rings is 1. The smallest absolute Gasteiger partial charge is 0.219 e. The van der Waals surface area contributed by atoms with Gasteiger partial charge in [-0.1, -0.05) is 6.07 Å². The number of nitrogens with one attached hydrogen (secondary N) is 1. The molecular formula is C13H20N2O3. The summed E-state index contributed by atoms with van der Waals surface area (Å²) in [6, 6.07) is 5.13. The number of phenols is 1. The lowest BCUT2D eigenvalue weighted by Crippen LogP contribution is -2.42. The van der Waals surface area contributed by atoms with Crippen LogP contribution in [0.25, 0.3) is 0 Å². The largest absolute Gasteiger partial charge is 0.504 e. The predicted octanol–water partition coefficient (Wildman–Crippen LogP) is 1.14. The van der Waals surface area contributed by atoms with Crippen LogP contribution in [0.2, 0.25) is 0 Å². The van der Waals surface area contributed by atoms with E-state index in [0.29, 0.717) is 12.3 Å². The fourth-order valence-corrected chi connectivity index (χ4v) is 1.67. The average Bonchev–Trinajstić information content (AvgIpc) is 2.26. The van der Waals surface area contributed by atoms with E-state index in [0.717, 1.165) is 5.56 Å². The van der Waals surface area contributed by atoms with Crippen molar-refractivity contribution in [3.63, 3.8) is 0 Å². The van der Waals surface area contributed by atoms with Crippen molar-refractivity contribution in [3.05, 3.63) is 23.8 Å². The number of carbonyl (C=O) groups excluding carboxylic acids is 1. The second-order valence-corrected chi connectivity index (χ2v) is 4.89. The summed E-state index contributed by atoms with van der Waals surface area (Å²) in [6.07, 6.45) is 0.266. The summed E-state index contributed by atoms with van der Waals surface area (Å²) in [7, 11) is 1.50. The number of primary amides is 1. The second-order valence-electron chi connectivity index (χ2n) is 4.89. The Morgan fingerprint density at radius 1 is 1.50 bits per heavy atom. The van der Waals surface area contributed by atoms with Crippen LogP contribution < -0.4 is 15.8 Å². The van der Waals surface area contributed by atoms with Crippen LogP contribution in [-0.2, 0) is 11.3 Å². The van der Waals surface area contributed by atoms with Crippen molar-refractivity contribution in [1.29, 1.82) is 0 Å². The first-order valence-electron chi connectivity index (χ1n) is 5.73. The molecular weight excluding hydrogens is 232 g/mol. The molecule has 0 radical (unpaired) electrons. The molecule has 1 aromatic carbocycles. The minimum absolute atomic E-state index is 0.109. The third-order valence-corrected chi connectivity index (χ3v) is 2.63. The zero-order valence-corrected chi connectivity index (χ0v) is 11.0. The van der Waals surface area contributed by atoms with Crippen LogP contribution in [-0.4, -0.2) is 23.7 Å². The summed E-state index contributed by atoms with van der Waals surface area (Å²) in [5, 5.41) is 12.7. The van der Waals surface area contributed by atoms with E-state index in [1.807, 2.05) is 13.8 Å². The van der Waals surface area contributed by atoms with Gasteiger partial charge in [0.1, 0.15) is 0 Å². The molecule has 0 aromatic heterocycles. The van der Waals surface area contributed by atoms with E-state index in [-0.39, 0.29) is 23.6 Å². The molecule has 5 heteroatoms. The lowest BCUT2D eigenvalue weighted by atomic mass is 10.00. The number of rotatable bonds is 6. The van der Waals surface area contributed by atoms with Gasteiger partial charge < -0.3 is 20.9 Å². The van der Waals surface area contributed by atoms with E-state index in [9.17, 15) is 9.90 Å². The highest BCUT2D eigenvalue weighted by Crippen LogP contribution is 2.26. The molecule has 0 fully saturated rings. The Balaban J connectivity index is 2.66. The van der Waals surface area contributed by atoms with Gasteiger partial charge in [0.15, 0.2) is 11.5 Å². The quantitative estimate of drug-likeness (QED) is 0.709. The number of aromatic hydroxyl groups is 1. The number of carbonyl (C=O) groups is 1. The Hall–Kier alpha value is -1.75. The van der Waals surface area contributed by atoms with Crippen LogP contribution in [0.4, 0.5) is 0 Å². The molecule has 0 aliphatic rings. The lowest BCUT2D eigenvalue weighted by molar-refractivity contribution is -0.119. The highest BCUT2D eigenvalue weighted by Gasteiger charge is 2.19. The van der Waals surface area contributed by atoms with E-state index < -0.39 is 0 Å². The van der Waals surface area contributed by atoms with E-state index in [1.54, 1.807) is 18.2 Å².